The first kappa shape index (κ1) is 16.8. The number of rotatable bonds is 4. The molecule has 1 aromatic rings. The van der Waals surface area contributed by atoms with Crippen LogP contribution in [0.2, 0.25) is 0 Å². The van der Waals surface area contributed by atoms with Gasteiger partial charge < -0.3 is 4.90 Å². The number of hydrogen-bond acceptors (Lipinski definition) is 4. The average Bonchev–Trinajstić information content (AvgIpc) is 2.47. The summed E-state index contributed by atoms with van der Waals surface area (Å²) in [5.74, 6) is -0.406. The van der Waals surface area contributed by atoms with Crippen molar-refractivity contribution in [3.05, 3.63) is 35.4 Å². The van der Waals surface area contributed by atoms with Gasteiger partial charge in [-0.15, -0.1) is 0 Å². The van der Waals surface area contributed by atoms with Crippen molar-refractivity contribution in [2.75, 3.05) is 11.4 Å². The molecular formula is C18H22N4O. The lowest BCUT2D eigenvalue weighted by atomic mass is 9.88. The van der Waals surface area contributed by atoms with Crippen molar-refractivity contribution in [2.45, 2.75) is 39.7 Å². The predicted molar refractivity (Wildman–Crippen MR) is 93.2 cm³/mol. The van der Waals surface area contributed by atoms with E-state index in [0.717, 1.165) is 12.1 Å². The molecule has 0 radical (unpaired) electrons. The number of carbonyl (C=O) groups excluding carboxylic acids is 1. The molecule has 2 rings (SSSR count). The predicted octanol–water partition coefficient (Wildman–Crippen LogP) is 3.07. The summed E-state index contributed by atoms with van der Waals surface area (Å²) in [5, 5.41) is 12.3. The number of benzene rings is 1. The lowest BCUT2D eigenvalue weighted by molar-refractivity contribution is -0.120. The van der Waals surface area contributed by atoms with Gasteiger partial charge >= 0.3 is 0 Å². The Hall–Kier alpha value is -2.61. The number of nitriles is 1. The summed E-state index contributed by atoms with van der Waals surface area (Å²) in [7, 11) is 0. The highest BCUT2D eigenvalue weighted by Crippen LogP contribution is 2.38. The van der Waals surface area contributed by atoms with Gasteiger partial charge in [-0.3, -0.25) is 4.79 Å². The normalized spacial score (nSPS) is 15.8. The van der Waals surface area contributed by atoms with E-state index in [2.05, 4.69) is 61.3 Å². The van der Waals surface area contributed by atoms with Crippen LogP contribution in [-0.4, -0.2) is 24.2 Å². The summed E-state index contributed by atoms with van der Waals surface area (Å²) < 4.78 is 0. The molecule has 0 saturated carbocycles. The standard InChI is InChI=1S/C18H22N4O/c1-5-22-16-7-6-14(12-20-21-17(23)8-9-19)10-15(16)13(2)11-18(22,3)4/h6-7,10-12H,5,8H2,1-4H3,(H,21,23)/b20-12+. The number of likely N-dealkylation sites (N-methyl/N-ethyl adjacent to an activating group) is 1. The lowest BCUT2D eigenvalue weighted by Gasteiger charge is -2.42. The number of hydrazone groups is 1. The molecule has 0 fully saturated rings. The van der Waals surface area contributed by atoms with Crippen molar-refractivity contribution >= 4 is 23.4 Å². The fraction of sp³-hybridized carbons (Fsp3) is 0.389. The Bertz CT molecular complexity index is 710. The Kier molecular flexibility index (Phi) is 4.85. The summed E-state index contributed by atoms with van der Waals surface area (Å²) >= 11 is 0. The minimum atomic E-state index is -0.406. The van der Waals surface area contributed by atoms with E-state index in [-0.39, 0.29) is 12.0 Å². The van der Waals surface area contributed by atoms with Gasteiger partial charge in [0.05, 0.1) is 17.8 Å². The van der Waals surface area contributed by atoms with Crippen LogP contribution in [0.3, 0.4) is 0 Å². The van der Waals surface area contributed by atoms with E-state index in [0.29, 0.717) is 0 Å². The Morgan fingerprint density at radius 1 is 1.48 bits per heavy atom. The summed E-state index contributed by atoms with van der Waals surface area (Å²) in [5.41, 5.74) is 6.86. The van der Waals surface area contributed by atoms with Crippen LogP contribution < -0.4 is 10.3 Å². The zero-order valence-corrected chi connectivity index (χ0v) is 14.1. The second-order valence-corrected chi connectivity index (χ2v) is 6.13. The van der Waals surface area contributed by atoms with E-state index in [9.17, 15) is 4.79 Å². The van der Waals surface area contributed by atoms with Crippen LogP contribution >= 0.6 is 0 Å². The molecule has 120 valence electrons. The van der Waals surface area contributed by atoms with Crippen LogP contribution in [0.4, 0.5) is 5.69 Å². The van der Waals surface area contributed by atoms with Gasteiger partial charge in [-0.1, -0.05) is 12.1 Å². The maximum atomic E-state index is 11.2. The first-order valence-corrected chi connectivity index (χ1v) is 7.69. The summed E-state index contributed by atoms with van der Waals surface area (Å²) in [4.78, 5) is 13.6. The molecule has 1 aromatic carbocycles. The van der Waals surface area contributed by atoms with Gasteiger partial charge in [-0.25, -0.2) is 5.43 Å². The second-order valence-electron chi connectivity index (χ2n) is 6.13. The zero-order valence-electron chi connectivity index (χ0n) is 14.1. The number of carbonyl (C=O) groups is 1. The van der Waals surface area contributed by atoms with Crippen molar-refractivity contribution < 1.29 is 4.79 Å². The molecule has 0 saturated heterocycles. The summed E-state index contributed by atoms with van der Waals surface area (Å²) in [6.07, 6.45) is 3.68. The van der Waals surface area contributed by atoms with Crippen molar-refractivity contribution in [2.24, 2.45) is 5.10 Å². The molecule has 0 spiro atoms. The molecule has 0 unspecified atom stereocenters. The molecule has 5 nitrogen and oxygen atoms in total. The third-order valence-corrected chi connectivity index (χ3v) is 3.96. The van der Waals surface area contributed by atoms with E-state index < -0.39 is 5.91 Å². The Morgan fingerprint density at radius 2 is 2.22 bits per heavy atom. The molecule has 0 bridgehead atoms. The third kappa shape index (κ3) is 3.59. The summed E-state index contributed by atoms with van der Waals surface area (Å²) in [6.45, 7) is 9.62. The molecule has 1 aliphatic rings. The molecule has 0 aromatic heterocycles. The fourth-order valence-corrected chi connectivity index (χ4v) is 3.05. The Labute approximate surface area is 137 Å². The number of fused-ring (bicyclic) bond motifs is 1. The van der Waals surface area contributed by atoms with Crippen LogP contribution in [0.15, 0.2) is 29.4 Å². The van der Waals surface area contributed by atoms with Crippen LogP contribution in [0.25, 0.3) is 5.57 Å². The lowest BCUT2D eigenvalue weighted by Crippen LogP contribution is -2.44. The highest BCUT2D eigenvalue weighted by atomic mass is 16.2. The maximum absolute atomic E-state index is 11.2. The quantitative estimate of drug-likeness (QED) is 0.686. The number of nitrogens with one attached hydrogen (secondary N) is 1. The molecule has 0 atom stereocenters. The first-order chi connectivity index (χ1) is 10.9. The number of allylic oxidation sites excluding steroid dienone is 1. The number of anilines is 1. The van der Waals surface area contributed by atoms with E-state index in [1.54, 1.807) is 12.3 Å². The van der Waals surface area contributed by atoms with Crippen LogP contribution in [0, 0.1) is 11.3 Å². The fourth-order valence-electron chi connectivity index (χ4n) is 3.05. The largest absolute Gasteiger partial charge is 0.363 e. The zero-order chi connectivity index (χ0) is 17.0. The second kappa shape index (κ2) is 6.66. The number of amides is 1. The van der Waals surface area contributed by atoms with E-state index in [4.69, 9.17) is 5.26 Å². The van der Waals surface area contributed by atoms with Crippen molar-refractivity contribution in [1.82, 2.24) is 5.43 Å². The van der Waals surface area contributed by atoms with E-state index in [1.165, 1.54) is 16.8 Å². The highest BCUT2D eigenvalue weighted by molar-refractivity contribution is 5.88. The van der Waals surface area contributed by atoms with Crippen LogP contribution in [0.1, 0.15) is 45.2 Å². The Morgan fingerprint density at radius 3 is 2.87 bits per heavy atom. The smallest absolute Gasteiger partial charge is 0.254 e. The monoisotopic (exact) mass is 310 g/mol. The molecule has 5 heteroatoms. The van der Waals surface area contributed by atoms with Gasteiger partial charge in [0.25, 0.3) is 5.91 Å². The SMILES string of the molecule is CCN1c2ccc(/C=N/NC(=O)CC#N)cc2C(C)=CC1(C)C. The molecule has 0 aliphatic carbocycles. The van der Waals surface area contributed by atoms with E-state index in [1.807, 2.05) is 6.07 Å². The average molecular weight is 310 g/mol. The van der Waals surface area contributed by atoms with Crippen molar-refractivity contribution in [3.63, 3.8) is 0 Å². The van der Waals surface area contributed by atoms with Crippen LogP contribution in [0.5, 0.6) is 0 Å². The van der Waals surface area contributed by atoms with Gasteiger partial charge in [-0.2, -0.15) is 10.4 Å². The van der Waals surface area contributed by atoms with Crippen LogP contribution in [-0.2, 0) is 4.79 Å². The van der Waals surface area contributed by atoms with Gasteiger partial charge in [0, 0.05) is 17.8 Å². The minimum Gasteiger partial charge on any atom is -0.363 e. The number of hydrogen-bond donors (Lipinski definition) is 1. The molecule has 1 N–H and O–H groups in total. The molecule has 1 aliphatic heterocycles. The molecule has 1 heterocycles. The Balaban J connectivity index is 2.26. The molecule has 1 amide bonds. The van der Waals surface area contributed by atoms with Gasteiger partial charge in [-0.05, 0) is 51.0 Å². The first-order valence-electron chi connectivity index (χ1n) is 7.69. The maximum Gasteiger partial charge on any atom is 0.254 e. The topological polar surface area (TPSA) is 68.5 Å². The van der Waals surface area contributed by atoms with Gasteiger partial charge in [0.15, 0.2) is 0 Å². The van der Waals surface area contributed by atoms with Crippen molar-refractivity contribution in [1.29, 1.82) is 5.26 Å². The minimum absolute atomic E-state index is 0.00723. The van der Waals surface area contributed by atoms with Crippen molar-refractivity contribution in [3.8, 4) is 6.07 Å². The molecule has 23 heavy (non-hydrogen) atoms. The summed E-state index contributed by atoms with van der Waals surface area (Å²) in [6, 6.07) is 7.93. The number of nitrogens with zero attached hydrogens (tertiary/aromatic N) is 3. The van der Waals surface area contributed by atoms with Gasteiger partial charge in [0.2, 0.25) is 0 Å². The highest BCUT2D eigenvalue weighted by Gasteiger charge is 2.29. The molecular weight excluding hydrogens is 288 g/mol. The third-order valence-electron chi connectivity index (χ3n) is 3.96. The van der Waals surface area contributed by atoms with Gasteiger partial charge in [0.1, 0.15) is 6.42 Å². The van der Waals surface area contributed by atoms with E-state index >= 15 is 0 Å².